The molecule has 0 saturated carbocycles. The van der Waals surface area contributed by atoms with E-state index in [2.05, 4.69) is 29.1 Å². The molecule has 3 heterocycles. The van der Waals surface area contributed by atoms with E-state index in [9.17, 15) is 4.79 Å². The number of hydrogen-bond acceptors (Lipinski definition) is 5. The second-order valence-corrected chi connectivity index (χ2v) is 6.95. The third kappa shape index (κ3) is 3.34. The lowest BCUT2D eigenvalue weighted by Gasteiger charge is -2.21. The molecule has 1 aliphatic rings. The number of hydrogen-bond donors (Lipinski definition) is 0. The van der Waals surface area contributed by atoms with Gasteiger partial charge in [-0.05, 0) is 32.8 Å². The zero-order valence-electron chi connectivity index (χ0n) is 14.8. The molecule has 0 radical (unpaired) electrons. The molecule has 0 spiro atoms. The van der Waals surface area contributed by atoms with Crippen LogP contribution >= 0.6 is 0 Å². The highest BCUT2D eigenvalue weighted by molar-refractivity contribution is 5.79. The smallest absolute Gasteiger partial charge is 0.229 e. The van der Waals surface area contributed by atoms with Crippen molar-refractivity contribution < 1.29 is 9.32 Å². The van der Waals surface area contributed by atoms with Crippen LogP contribution in [0.4, 0.5) is 0 Å². The van der Waals surface area contributed by atoms with Gasteiger partial charge >= 0.3 is 0 Å². The van der Waals surface area contributed by atoms with Crippen molar-refractivity contribution in [1.29, 1.82) is 0 Å². The standard InChI is InChI=1S/C17H25N5O2/c1-11(2)17-18-16(20-24-17)14-6-5-8-21(14)15(23)10-13-7-9-22(19-13)12(3)4/h7,9,11-12,14H,5-6,8,10H2,1-4H3/t14-/m0/s1. The Bertz CT molecular complexity index is 703. The minimum atomic E-state index is -0.0825. The molecule has 7 nitrogen and oxygen atoms in total. The Morgan fingerprint density at radius 2 is 2.17 bits per heavy atom. The fourth-order valence-corrected chi connectivity index (χ4v) is 2.97. The first-order valence-corrected chi connectivity index (χ1v) is 8.62. The number of nitrogens with zero attached hydrogens (tertiary/aromatic N) is 5. The van der Waals surface area contributed by atoms with Gasteiger partial charge in [0.05, 0.1) is 18.2 Å². The molecule has 0 aromatic carbocycles. The highest BCUT2D eigenvalue weighted by Gasteiger charge is 2.33. The summed E-state index contributed by atoms with van der Waals surface area (Å²) in [5.41, 5.74) is 0.801. The van der Waals surface area contributed by atoms with Gasteiger partial charge in [-0.15, -0.1) is 0 Å². The van der Waals surface area contributed by atoms with E-state index in [4.69, 9.17) is 4.52 Å². The minimum absolute atomic E-state index is 0.0717. The number of carbonyl (C=O) groups is 1. The van der Waals surface area contributed by atoms with Crippen LogP contribution in [0.2, 0.25) is 0 Å². The largest absolute Gasteiger partial charge is 0.339 e. The number of aromatic nitrogens is 4. The van der Waals surface area contributed by atoms with Crippen molar-refractivity contribution in [3.63, 3.8) is 0 Å². The molecule has 1 aliphatic heterocycles. The molecule has 0 bridgehead atoms. The van der Waals surface area contributed by atoms with Gasteiger partial charge in [0, 0.05) is 24.7 Å². The summed E-state index contributed by atoms with van der Waals surface area (Å²) in [6.07, 6.45) is 4.07. The van der Waals surface area contributed by atoms with E-state index in [0.29, 0.717) is 24.2 Å². The number of amides is 1. The molecule has 7 heteroatoms. The van der Waals surface area contributed by atoms with Crippen molar-refractivity contribution in [3.8, 4) is 0 Å². The number of rotatable bonds is 5. The van der Waals surface area contributed by atoms with E-state index >= 15 is 0 Å². The van der Waals surface area contributed by atoms with Gasteiger partial charge in [0.15, 0.2) is 5.82 Å². The van der Waals surface area contributed by atoms with Gasteiger partial charge in [0.1, 0.15) is 0 Å². The molecular weight excluding hydrogens is 306 g/mol. The third-order valence-corrected chi connectivity index (χ3v) is 4.35. The highest BCUT2D eigenvalue weighted by Crippen LogP contribution is 2.31. The van der Waals surface area contributed by atoms with Gasteiger partial charge in [0.2, 0.25) is 11.8 Å². The summed E-state index contributed by atoms with van der Waals surface area (Å²) in [4.78, 5) is 19.0. The molecule has 0 unspecified atom stereocenters. The lowest BCUT2D eigenvalue weighted by molar-refractivity contribution is -0.131. The van der Waals surface area contributed by atoms with E-state index in [-0.39, 0.29) is 17.9 Å². The van der Waals surface area contributed by atoms with Gasteiger partial charge in [-0.1, -0.05) is 19.0 Å². The first-order valence-electron chi connectivity index (χ1n) is 8.62. The molecule has 24 heavy (non-hydrogen) atoms. The summed E-state index contributed by atoms with van der Waals surface area (Å²) in [7, 11) is 0. The average Bonchev–Trinajstić information content (AvgIpc) is 3.26. The van der Waals surface area contributed by atoms with Crippen molar-refractivity contribution in [2.75, 3.05) is 6.54 Å². The summed E-state index contributed by atoms with van der Waals surface area (Å²) >= 11 is 0. The zero-order valence-corrected chi connectivity index (χ0v) is 14.8. The molecule has 1 saturated heterocycles. The van der Waals surface area contributed by atoms with E-state index in [1.165, 1.54) is 0 Å². The molecule has 0 N–H and O–H groups in total. The van der Waals surface area contributed by atoms with Gasteiger partial charge in [-0.25, -0.2) is 0 Å². The average molecular weight is 331 g/mol. The molecule has 1 fully saturated rings. The molecule has 2 aromatic rings. The lowest BCUT2D eigenvalue weighted by Crippen LogP contribution is -2.32. The van der Waals surface area contributed by atoms with Crippen LogP contribution in [-0.4, -0.2) is 37.3 Å². The van der Waals surface area contributed by atoms with Crippen LogP contribution in [0.15, 0.2) is 16.8 Å². The van der Waals surface area contributed by atoms with Crippen LogP contribution < -0.4 is 0 Å². The molecule has 1 amide bonds. The maximum atomic E-state index is 12.7. The maximum Gasteiger partial charge on any atom is 0.229 e. The predicted molar refractivity (Wildman–Crippen MR) is 88.4 cm³/mol. The second-order valence-electron chi connectivity index (χ2n) is 6.95. The summed E-state index contributed by atoms with van der Waals surface area (Å²) in [6, 6.07) is 2.12. The first-order chi connectivity index (χ1) is 11.5. The fraction of sp³-hybridized carbons (Fsp3) is 0.647. The van der Waals surface area contributed by atoms with Crippen molar-refractivity contribution in [1.82, 2.24) is 24.8 Å². The molecular formula is C17H25N5O2. The summed E-state index contributed by atoms with van der Waals surface area (Å²) < 4.78 is 7.17. The first kappa shape index (κ1) is 16.7. The Morgan fingerprint density at radius 1 is 1.38 bits per heavy atom. The highest BCUT2D eigenvalue weighted by atomic mass is 16.5. The molecule has 3 rings (SSSR count). The van der Waals surface area contributed by atoms with Crippen LogP contribution in [0.5, 0.6) is 0 Å². The van der Waals surface area contributed by atoms with E-state index in [0.717, 1.165) is 25.1 Å². The Morgan fingerprint density at radius 3 is 2.79 bits per heavy atom. The third-order valence-electron chi connectivity index (χ3n) is 4.35. The second kappa shape index (κ2) is 6.75. The Labute approximate surface area is 142 Å². The fourth-order valence-electron chi connectivity index (χ4n) is 2.97. The quantitative estimate of drug-likeness (QED) is 0.842. The normalized spacial score (nSPS) is 18.1. The van der Waals surface area contributed by atoms with Crippen molar-refractivity contribution in [3.05, 3.63) is 29.7 Å². The summed E-state index contributed by atoms with van der Waals surface area (Å²) in [5, 5.41) is 8.55. The Kier molecular flexibility index (Phi) is 4.69. The van der Waals surface area contributed by atoms with Crippen molar-refractivity contribution in [2.45, 2.75) is 65.0 Å². The van der Waals surface area contributed by atoms with E-state index in [1.807, 2.05) is 35.7 Å². The van der Waals surface area contributed by atoms with E-state index < -0.39 is 0 Å². The van der Waals surface area contributed by atoms with Crippen LogP contribution in [0.3, 0.4) is 0 Å². The Balaban J connectivity index is 1.70. The van der Waals surface area contributed by atoms with Crippen LogP contribution in [-0.2, 0) is 11.2 Å². The molecule has 2 aromatic heterocycles. The van der Waals surface area contributed by atoms with Crippen LogP contribution in [0, 0.1) is 0 Å². The molecule has 1 atom stereocenters. The predicted octanol–water partition coefficient (Wildman–Crippen LogP) is 2.88. The lowest BCUT2D eigenvalue weighted by atomic mass is 10.2. The molecule has 0 aliphatic carbocycles. The maximum absolute atomic E-state index is 12.7. The summed E-state index contributed by atoms with van der Waals surface area (Å²) in [5.74, 6) is 1.51. The van der Waals surface area contributed by atoms with Gasteiger partial charge < -0.3 is 9.42 Å². The van der Waals surface area contributed by atoms with Gasteiger partial charge in [0.25, 0.3) is 0 Å². The zero-order chi connectivity index (χ0) is 17.3. The SMILES string of the molecule is CC(C)c1nc([C@@H]2CCCN2C(=O)Cc2ccn(C(C)C)n2)no1. The molecule has 130 valence electrons. The van der Waals surface area contributed by atoms with Crippen molar-refractivity contribution >= 4 is 5.91 Å². The number of likely N-dealkylation sites (tertiary alicyclic amines) is 1. The monoisotopic (exact) mass is 331 g/mol. The van der Waals surface area contributed by atoms with Crippen LogP contribution in [0.1, 0.15) is 75.9 Å². The Hall–Kier alpha value is -2.18. The van der Waals surface area contributed by atoms with Gasteiger partial charge in [-0.2, -0.15) is 10.1 Å². The van der Waals surface area contributed by atoms with Crippen molar-refractivity contribution in [2.24, 2.45) is 0 Å². The topological polar surface area (TPSA) is 77.1 Å². The minimum Gasteiger partial charge on any atom is -0.339 e. The van der Waals surface area contributed by atoms with E-state index in [1.54, 1.807) is 0 Å². The number of carbonyl (C=O) groups excluding carboxylic acids is 1. The van der Waals surface area contributed by atoms with Gasteiger partial charge in [-0.3, -0.25) is 9.48 Å². The van der Waals surface area contributed by atoms with Crippen LogP contribution in [0.25, 0.3) is 0 Å². The summed E-state index contributed by atoms with van der Waals surface area (Å²) in [6.45, 7) is 8.90.